The van der Waals surface area contributed by atoms with Crippen molar-refractivity contribution in [2.45, 2.75) is 238 Å². The van der Waals surface area contributed by atoms with Crippen molar-refractivity contribution in [2.24, 2.45) is 0 Å². The lowest BCUT2D eigenvalue weighted by molar-refractivity contribution is -0.870. The van der Waals surface area contributed by atoms with E-state index in [0.29, 0.717) is 17.4 Å². The van der Waals surface area contributed by atoms with Gasteiger partial charge < -0.3 is 27.9 Å². The Kier molecular flexibility index (Phi) is 43.2. The van der Waals surface area contributed by atoms with Crippen molar-refractivity contribution in [1.29, 1.82) is 0 Å². The smallest absolute Gasteiger partial charge is 0.306 e. The van der Waals surface area contributed by atoms with E-state index < -0.39 is 26.5 Å². The maximum atomic E-state index is 12.7. The number of phosphoric acid groups is 1. The van der Waals surface area contributed by atoms with E-state index in [1.807, 2.05) is 21.1 Å². The zero-order valence-corrected chi connectivity index (χ0v) is 42.0. The molecular weight excluding hydrogens is 798 g/mol. The van der Waals surface area contributed by atoms with E-state index in [-0.39, 0.29) is 32.0 Å². The first-order chi connectivity index (χ1) is 30.0. The van der Waals surface area contributed by atoms with Gasteiger partial charge in [-0.25, -0.2) is 0 Å². The molecule has 364 valence electrons. The van der Waals surface area contributed by atoms with Gasteiger partial charge in [-0.05, 0) is 51.4 Å². The van der Waals surface area contributed by atoms with E-state index in [0.717, 1.165) is 57.8 Å². The Morgan fingerprint density at radius 1 is 0.500 bits per heavy atom. The number of hydrogen-bond acceptors (Lipinski definition) is 8. The number of carbonyl (C=O) groups excluding carboxylic acids is 2. The molecule has 1 unspecified atom stereocenters. The molecule has 0 radical (unpaired) electrons. The van der Waals surface area contributed by atoms with Crippen LogP contribution in [0.15, 0.2) is 36.5 Å². The molecule has 0 aliphatic carbocycles. The summed E-state index contributed by atoms with van der Waals surface area (Å²) in [5.74, 6) is -0.850. The first kappa shape index (κ1) is 60.2. The molecule has 0 aromatic rings. The molecule has 10 heteroatoms. The Labute approximate surface area is 382 Å². The van der Waals surface area contributed by atoms with Gasteiger partial charge in [0, 0.05) is 12.8 Å². The topological polar surface area (TPSA) is 111 Å². The van der Waals surface area contributed by atoms with E-state index >= 15 is 0 Å². The Hall–Kier alpha value is -1.77. The summed E-state index contributed by atoms with van der Waals surface area (Å²) in [6.07, 6.45) is 51.7. The van der Waals surface area contributed by atoms with E-state index in [2.05, 4.69) is 50.3 Å². The van der Waals surface area contributed by atoms with E-state index in [1.165, 1.54) is 141 Å². The second kappa shape index (κ2) is 44.4. The average molecular weight is 896 g/mol. The normalized spacial score (nSPS) is 13.7. The van der Waals surface area contributed by atoms with Crippen molar-refractivity contribution in [1.82, 2.24) is 0 Å². The third kappa shape index (κ3) is 47.7. The molecule has 0 saturated carbocycles. The average Bonchev–Trinajstić information content (AvgIpc) is 3.23. The number of quaternary nitrogens is 1. The number of rotatable bonds is 47. The van der Waals surface area contributed by atoms with Gasteiger partial charge in [0.25, 0.3) is 7.82 Å². The summed E-state index contributed by atoms with van der Waals surface area (Å²) in [5, 5.41) is 0. The molecule has 9 nitrogen and oxygen atoms in total. The number of esters is 2. The molecule has 0 rings (SSSR count). The summed E-state index contributed by atoms with van der Waals surface area (Å²) >= 11 is 0. The van der Waals surface area contributed by atoms with Crippen LogP contribution in [0.25, 0.3) is 0 Å². The van der Waals surface area contributed by atoms with Crippen molar-refractivity contribution in [2.75, 3.05) is 47.5 Å². The van der Waals surface area contributed by atoms with Gasteiger partial charge in [0.1, 0.15) is 19.8 Å². The number of nitrogens with zero attached hydrogens (tertiary/aromatic N) is 1. The predicted octanol–water partition coefficient (Wildman–Crippen LogP) is 14.6. The fourth-order valence-corrected chi connectivity index (χ4v) is 7.86. The fourth-order valence-electron chi connectivity index (χ4n) is 7.13. The summed E-state index contributed by atoms with van der Waals surface area (Å²) in [6, 6.07) is 0. The van der Waals surface area contributed by atoms with E-state index in [4.69, 9.17) is 18.5 Å². The second-order valence-electron chi connectivity index (χ2n) is 18.5. The van der Waals surface area contributed by atoms with Crippen molar-refractivity contribution >= 4 is 19.8 Å². The van der Waals surface area contributed by atoms with Crippen molar-refractivity contribution in [3.63, 3.8) is 0 Å². The minimum atomic E-state index is -4.63. The second-order valence-corrected chi connectivity index (χ2v) is 20.0. The maximum absolute atomic E-state index is 12.7. The molecular formula is C52H98NO8P. The first-order valence-corrected chi connectivity index (χ1v) is 27.2. The molecule has 0 N–H and O–H groups in total. The van der Waals surface area contributed by atoms with Gasteiger partial charge >= 0.3 is 11.9 Å². The monoisotopic (exact) mass is 896 g/mol. The van der Waals surface area contributed by atoms with Gasteiger partial charge in [-0.2, -0.15) is 0 Å². The number of phosphoric ester groups is 1. The fraction of sp³-hybridized carbons (Fsp3) is 0.846. The van der Waals surface area contributed by atoms with Gasteiger partial charge in [0.05, 0.1) is 27.7 Å². The molecule has 0 bridgehead atoms. The molecule has 0 aliphatic rings. The van der Waals surface area contributed by atoms with Crippen molar-refractivity contribution in [3.8, 4) is 0 Å². The van der Waals surface area contributed by atoms with Gasteiger partial charge in [-0.3, -0.25) is 14.2 Å². The Morgan fingerprint density at radius 3 is 1.32 bits per heavy atom. The molecule has 2 atom stereocenters. The Bertz CT molecular complexity index is 1150. The summed E-state index contributed by atoms with van der Waals surface area (Å²) < 4.78 is 34.0. The molecule has 0 fully saturated rings. The van der Waals surface area contributed by atoms with Crippen molar-refractivity contribution < 1.29 is 42.1 Å². The summed E-state index contributed by atoms with van der Waals surface area (Å²) in [7, 11) is 1.16. The van der Waals surface area contributed by atoms with E-state index in [9.17, 15) is 19.0 Å². The first-order valence-electron chi connectivity index (χ1n) is 25.7. The van der Waals surface area contributed by atoms with Crippen LogP contribution in [0.1, 0.15) is 232 Å². The van der Waals surface area contributed by atoms with Gasteiger partial charge in [0.15, 0.2) is 6.10 Å². The standard InChI is InChI=1S/C52H98NO8P/c1-6-8-10-12-14-16-18-20-22-24-25-26-27-29-30-32-34-36-38-40-42-44-51(54)58-48-50(49-60-62(56,57)59-47-46-53(3,4)5)61-52(55)45-43-41-39-37-35-33-31-28-23-21-19-17-15-13-11-9-7-2/h15,17,21,23,31,33,50H,6-14,16,18-20,22,24-30,32,34-49H2,1-5H3/b17-15+,23-21+,33-31+/t50-/m1/s1. The number of likely N-dealkylation sites (N-methyl/N-ethyl adjacent to an activating group) is 1. The molecule has 0 amide bonds. The lowest BCUT2D eigenvalue weighted by Crippen LogP contribution is -2.37. The SMILES string of the molecule is CCCCC/C=C/C/C=C/C/C=C/CCCCCCC(=O)O[C@H](COC(=O)CCCCCCCCCCCCCCCCCCCCCCC)COP(=O)([O-])OCC[N+](C)(C)C. The van der Waals surface area contributed by atoms with Crippen LogP contribution < -0.4 is 4.89 Å². The molecule has 0 heterocycles. The van der Waals surface area contributed by atoms with Crippen LogP contribution in [0.5, 0.6) is 0 Å². The molecule has 0 spiro atoms. The Morgan fingerprint density at radius 2 is 0.871 bits per heavy atom. The predicted molar refractivity (Wildman–Crippen MR) is 259 cm³/mol. The van der Waals surface area contributed by atoms with Gasteiger partial charge in [-0.15, -0.1) is 0 Å². The van der Waals surface area contributed by atoms with Crippen LogP contribution in [0.2, 0.25) is 0 Å². The molecule has 62 heavy (non-hydrogen) atoms. The molecule has 0 aromatic heterocycles. The van der Waals surface area contributed by atoms with Crippen LogP contribution in [0.4, 0.5) is 0 Å². The number of allylic oxidation sites excluding steroid dienone is 6. The highest BCUT2D eigenvalue weighted by Crippen LogP contribution is 2.38. The summed E-state index contributed by atoms with van der Waals surface area (Å²) in [4.78, 5) is 37.7. The third-order valence-electron chi connectivity index (χ3n) is 11.2. The Balaban J connectivity index is 4.25. The summed E-state index contributed by atoms with van der Waals surface area (Å²) in [6.45, 7) is 4.21. The van der Waals surface area contributed by atoms with Crippen LogP contribution in [-0.4, -0.2) is 70.0 Å². The number of carbonyl (C=O) groups is 2. The van der Waals surface area contributed by atoms with Crippen LogP contribution >= 0.6 is 7.82 Å². The number of ether oxygens (including phenoxy) is 2. The number of hydrogen-bond donors (Lipinski definition) is 0. The minimum absolute atomic E-state index is 0.0345. The molecule has 0 saturated heterocycles. The number of unbranched alkanes of at least 4 members (excludes halogenated alkanes) is 27. The highest BCUT2D eigenvalue weighted by atomic mass is 31.2. The van der Waals surface area contributed by atoms with Crippen LogP contribution in [0, 0.1) is 0 Å². The maximum Gasteiger partial charge on any atom is 0.306 e. The lowest BCUT2D eigenvalue weighted by Gasteiger charge is -2.28. The quantitative estimate of drug-likeness (QED) is 0.0195. The summed E-state index contributed by atoms with van der Waals surface area (Å²) in [5.41, 5.74) is 0. The highest BCUT2D eigenvalue weighted by Gasteiger charge is 2.21. The highest BCUT2D eigenvalue weighted by molar-refractivity contribution is 7.45. The van der Waals surface area contributed by atoms with Gasteiger partial charge in [0.2, 0.25) is 0 Å². The third-order valence-corrected chi connectivity index (χ3v) is 12.1. The largest absolute Gasteiger partial charge is 0.756 e. The zero-order valence-electron chi connectivity index (χ0n) is 41.1. The lowest BCUT2D eigenvalue weighted by atomic mass is 10.0. The van der Waals surface area contributed by atoms with E-state index in [1.54, 1.807) is 0 Å². The van der Waals surface area contributed by atoms with Gasteiger partial charge in [-0.1, -0.05) is 204 Å². The van der Waals surface area contributed by atoms with Crippen LogP contribution in [-0.2, 0) is 32.7 Å². The molecule has 0 aliphatic heterocycles. The van der Waals surface area contributed by atoms with Crippen molar-refractivity contribution in [3.05, 3.63) is 36.5 Å². The minimum Gasteiger partial charge on any atom is -0.756 e. The molecule has 0 aromatic carbocycles. The van der Waals surface area contributed by atoms with Crippen LogP contribution in [0.3, 0.4) is 0 Å². The zero-order chi connectivity index (χ0) is 45.7.